The summed E-state index contributed by atoms with van der Waals surface area (Å²) < 4.78 is 5.23. The van der Waals surface area contributed by atoms with Crippen molar-refractivity contribution >= 4 is 0 Å². The number of piperidine rings is 1. The minimum absolute atomic E-state index is 0.807. The summed E-state index contributed by atoms with van der Waals surface area (Å²) >= 11 is 0. The molecular formula is C19H31N3O. The molecule has 0 unspecified atom stereocenters. The van der Waals surface area contributed by atoms with Crippen LogP contribution in [0.5, 0.6) is 5.75 Å². The maximum absolute atomic E-state index is 5.23. The average Bonchev–Trinajstić information content (AvgIpc) is 2.63. The van der Waals surface area contributed by atoms with Crippen LogP contribution in [0.3, 0.4) is 0 Å². The summed E-state index contributed by atoms with van der Waals surface area (Å²) in [6.07, 6.45) is 2.64. The molecule has 2 saturated heterocycles. The Hall–Kier alpha value is -1.10. The molecule has 0 amide bonds. The highest BCUT2D eigenvalue weighted by atomic mass is 16.5. The van der Waals surface area contributed by atoms with E-state index in [2.05, 4.69) is 45.9 Å². The van der Waals surface area contributed by atoms with E-state index in [0.29, 0.717) is 0 Å². The second kappa shape index (κ2) is 8.13. The van der Waals surface area contributed by atoms with E-state index >= 15 is 0 Å². The summed E-state index contributed by atoms with van der Waals surface area (Å²) in [6, 6.07) is 9.31. The molecule has 2 aliphatic heterocycles. The lowest BCUT2D eigenvalue weighted by atomic mass is 10.0. The Morgan fingerprint density at radius 3 is 2.13 bits per heavy atom. The smallest absolute Gasteiger partial charge is 0.118 e. The lowest BCUT2D eigenvalue weighted by Gasteiger charge is -2.42. The molecule has 0 radical (unpaired) electrons. The van der Waals surface area contributed by atoms with Crippen LogP contribution in [0.4, 0.5) is 0 Å². The van der Waals surface area contributed by atoms with Crippen molar-refractivity contribution in [2.75, 3.05) is 52.9 Å². The maximum atomic E-state index is 5.23. The van der Waals surface area contributed by atoms with Crippen LogP contribution in [0.1, 0.15) is 25.3 Å². The zero-order valence-corrected chi connectivity index (χ0v) is 14.7. The lowest BCUT2D eigenvalue weighted by molar-refractivity contribution is 0.0593. The second-order valence-electron chi connectivity index (χ2n) is 6.83. The van der Waals surface area contributed by atoms with Crippen LogP contribution in [0.25, 0.3) is 0 Å². The van der Waals surface area contributed by atoms with E-state index < -0.39 is 0 Å². The molecule has 4 heteroatoms. The van der Waals surface area contributed by atoms with E-state index in [1.54, 1.807) is 7.11 Å². The van der Waals surface area contributed by atoms with E-state index in [1.165, 1.54) is 64.2 Å². The van der Waals surface area contributed by atoms with Crippen molar-refractivity contribution in [2.45, 2.75) is 32.4 Å². The number of ether oxygens (including phenoxy) is 1. The molecule has 2 fully saturated rings. The highest BCUT2D eigenvalue weighted by molar-refractivity contribution is 5.27. The Labute approximate surface area is 141 Å². The molecule has 128 valence electrons. The number of benzene rings is 1. The fourth-order valence-corrected chi connectivity index (χ4v) is 3.88. The molecule has 0 N–H and O–H groups in total. The van der Waals surface area contributed by atoms with Gasteiger partial charge < -0.3 is 9.64 Å². The number of rotatable bonds is 5. The Morgan fingerprint density at radius 1 is 0.913 bits per heavy atom. The number of likely N-dealkylation sites (N-methyl/N-ethyl adjacent to an activating group) is 1. The maximum Gasteiger partial charge on any atom is 0.118 e. The summed E-state index contributed by atoms with van der Waals surface area (Å²) in [7, 11) is 1.72. The van der Waals surface area contributed by atoms with Crippen LogP contribution in [0, 0.1) is 0 Å². The molecule has 1 aromatic rings. The van der Waals surface area contributed by atoms with Crippen molar-refractivity contribution in [3.05, 3.63) is 29.8 Å². The molecule has 4 nitrogen and oxygen atoms in total. The van der Waals surface area contributed by atoms with Gasteiger partial charge in [-0.1, -0.05) is 19.1 Å². The predicted octanol–water partition coefficient (Wildman–Crippen LogP) is 2.30. The largest absolute Gasteiger partial charge is 0.497 e. The predicted molar refractivity (Wildman–Crippen MR) is 95.0 cm³/mol. The molecule has 23 heavy (non-hydrogen) atoms. The quantitative estimate of drug-likeness (QED) is 0.829. The molecule has 2 aliphatic rings. The fourth-order valence-electron chi connectivity index (χ4n) is 3.88. The standard InChI is InChI=1S/C19H31N3O/c1-3-20-12-14-22(15-13-20)18-8-10-21(11-9-18)16-17-4-6-19(23-2)7-5-17/h4-7,18H,3,8-16H2,1-2H3. The van der Waals surface area contributed by atoms with Gasteiger partial charge in [0.1, 0.15) is 5.75 Å². The van der Waals surface area contributed by atoms with Gasteiger partial charge in [-0.2, -0.15) is 0 Å². The van der Waals surface area contributed by atoms with Crippen LogP contribution in [0.2, 0.25) is 0 Å². The number of methoxy groups -OCH3 is 1. The minimum Gasteiger partial charge on any atom is -0.497 e. The number of hydrogen-bond donors (Lipinski definition) is 0. The first kappa shape index (κ1) is 16.7. The zero-order chi connectivity index (χ0) is 16.1. The van der Waals surface area contributed by atoms with Gasteiger partial charge in [-0.25, -0.2) is 0 Å². The SMILES string of the molecule is CCN1CCN(C2CCN(Cc3ccc(OC)cc3)CC2)CC1. The monoisotopic (exact) mass is 317 g/mol. The highest BCUT2D eigenvalue weighted by Gasteiger charge is 2.26. The van der Waals surface area contributed by atoms with E-state index in [1.807, 2.05) is 0 Å². The van der Waals surface area contributed by atoms with Crippen LogP contribution in [0.15, 0.2) is 24.3 Å². The van der Waals surface area contributed by atoms with Crippen LogP contribution < -0.4 is 4.74 Å². The molecule has 0 saturated carbocycles. The average molecular weight is 317 g/mol. The number of likely N-dealkylation sites (tertiary alicyclic amines) is 1. The Kier molecular flexibility index (Phi) is 5.92. The molecule has 3 rings (SSSR count). The second-order valence-corrected chi connectivity index (χ2v) is 6.83. The van der Waals surface area contributed by atoms with Crippen molar-refractivity contribution in [1.82, 2.24) is 14.7 Å². The topological polar surface area (TPSA) is 19.0 Å². The van der Waals surface area contributed by atoms with Crippen molar-refractivity contribution in [1.29, 1.82) is 0 Å². The summed E-state index contributed by atoms with van der Waals surface area (Å²) in [5, 5.41) is 0. The number of nitrogens with zero attached hydrogens (tertiary/aromatic N) is 3. The van der Waals surface area contributed by atoms with Crippen molar-refractivity contribution in [2.24, 2.45) is 0 Å². The van der Waals surface area contributed by atoms with Crippen molar-refractivity contribution in [3.8, 4) is 5.75 Å². The third-order valence-corrected chi connectivity index (χ3v) is 5.49. The van der Waals surface area contributed by atoms with Gasteiger partial charge in [-0.15, -0.1) is 0 Å². The molecular weight excluding hydrogens is 286 g/mol. The van der Waals surface area contributed by atoms with E-state index in [0.717, 1.165) is 18.3 Å². The number of piperazine rings is 1. The first-order chi connectivity index (χ1) is 11.3. The van der Waals surface area contributed by atoms with E-state index in [-0.39, 0.29) is 0 Å². The van der Waals surface area contributed by atoms with Crippen molar-refractivity contribution in [3.63, 3.8) is 0 Å². The first-order valence-electron chi connectivity index (χ1n) is 9.10. The van der Waals surface area contributed by atoms with Gasteiger partial charge >= 0.3 is 0 Å². The molecule has 0 aromatic heterocycles. The van der Waals surface area contributed by atoms with Gasteiger partial charge in [-0.3, -0.25) is 9.80 Å². The molecule has 2 heterocycles. The van der Waals surface area contributed by atoms with E-state index in [4.69, 9.17) is 4.74 Å². The lowest BCUT2D eigenvalue weighted by Crippen LogP contribution is -2.52. The van der Waals surface area contributed by atoms with Gasteiger partial charge in [0.05, 0.1) is 7.11 Å². The van der Waals surface area contributed by atoms with Gasteiger partial charge in [0.25, 0.3) is 0 Å². The summed E-state index contributed by atoms with van der Waals surface area (Å²) in [6.45, 7) is 12.0. The fraction of sp³-hybridized carbons (Fsp3) is 0.684. The van der Waals surface area contributed by atoms with Crippen LogP contribution >= 0.6 is 0 Å². The summed E-state index contributed by atoms with van der Waals surface area (Å²) in [5.74, 6) is 0.943. The Bertz CT molecular complexity index is 460. The third kappa shape index (κ3) is 4.46. The molecule has 1 aromatic carbocycles. The Morgan fingerprint density at radius 2 is 1.57 bits per heavy atom. The zero-order valence-electron chi connectivity index (χ0n) is 14.7. The minimum atomic E-state index is 0.807. The molecule has 0 aliphatic carbocycles. The third-order valence-electron chi connectivity index (χ3n) is 5.49. The van der Waals surface area contributed by atoms with Gasteiger partial charge in [0, 0.05) is 38.8 Å². The highest BCUT2D eigenvalue weighted by Crippen LogP contribution is 2.20. The van der Waals surface area contributed by atoms with Gasteiger partial charge in [-0.05, 0) is 50.2 Å². The van der Waals surface area contributed by atoms with E-state index in [9.17, 15) is 0 Å². The van der Waals surface area contributed by atoms with Crippen LogP contribution in [-0.2, 0) is 6.54 Å². The van der Waals surface area contributed by atoms with Crippen LogP contribution in [-0.4, -0.2) is 73.7 Å². The van der Waals surface area contributed by atoms with Gasteiger partial charge in [0.2, 0.25) is 0 Å². The summed E-state index contributed by atoms with van der Waals surface area (Å²) in [5.41, 5.74) is 1.39. The molecule has 0 spiro atoms. The summed E-state index contributed by atoms with van der Waals surface area (Å²) in [4.78, 5) is 7.90. The first-order valence-corrected chi connectivity index (χ1v) is 9.10. The molecule has 0 atom stereocenters. The number of hydrogen-bond acceptors (Lipinski definition) is 4. The normalized spacial score (nSPS) is 22.3. The van der Waals surface area contributed by atoms with Crippen molar-refractivity contribution < 1.29 is 4.74 Å². The Balaban J connectivity index is 1.43. The van der Waals surface area contributed by atoms with Gasteiger partial charge in [0.15, 0.2) is 0 Å². The molecule has 0 bridgehead atoms.